The molecule has 1 unspecified atom stereocenters. The fourth-order valence-corrected chi connectivity index (χ4v) is 1.77. The van der Waals surface area contributed by atoms with Crippen LogP contribution in [0.3, 0.4) is 0 Å². The van der Waals surface area contributed by atoms with Gasteiger partial charge in [-0.15, -0.1) is 0 Å². The average Bonchev–Trinajstić information content (AvgIpc) is 2.34. The predicted octanol–water partition coefficient (Wildman–Crippen LogP) is 1.13. The van der Waals surface area contributed by atoms with E-state index in [1.54, 1.807) is 0 Å². The molecule has 0 radical (unpaired) electrons. The number of amides is 1. The van der Waals surface area contributed by atoms with Crippen LogP contribution in [0, 0.1) is 5.92 Å². The molecule has 0 spiro atoms. The number of esters is 1. The highest BCUT2D eigenvalue weighted by atomic mass is 19.4. The lowest BCUT2D eigenvalue weighted by Crippen LogP contribution is -2.55. The highest BCUT2D eigenvalue weighted by Crippen LogP contribution is 2.40. The van der Waals surface area contributed by atoms with E-state index in [9.17, 15) is 35.9 Å². The number of carbonyl (C=O) groups excluding carboxylic acids is 2. The molecule has 1 rings (SSSR count). The van der Waals surface area contributed by atoms with Crippen LogP contribution < -0.4 is 0 Å². The van der Waals surface area contributed by atoms with Gasteiger partial charge in [0.1, 0.15) is 0 Å². The van der Waals surface area contributed by atoms with Gasteiger partial charge in [-0.25, -0.2) is 4.79 Å². The van der Waals surface area contributed by atoms with Crippen molar-refractivity contribution in [3.63, 3.8) is 0 Å². The first kappa shape index (κ1) is 17.5. The molecule has 5 nitrogen and oxygen atoms in total. The summed E-state index contributed by atoms with van der Waals surface area (Å²) >= 11 is 0. The summed E-state index contributed by atoms with van der Waals surface area (Å²) in [6, 6.07) is 0. The Kier molecular flexibility index (Phi) is 5.07. The Morgan fingerprint density at radius 3 is 2.14 bits per heavy atom. The number of rotatable bonds is 2. The molecule has 0 bridgehead atoms. The normalized spacial score (nSPS) is 20.6. The zero-order chi connectivity index (χ0) is 16.4. The quantitative estimate of drug-likeness (QED) is 0.565. The maximum atomic E-state index is 12.5. The molecule has 1 atom stereocenters. The van der Waals surface area contributed by atoms with Crippen LogP contribution >= 0.6 is 0 Å². The molecular formula is C10H11F6NO4. The number of alkyl halides is 6. The van der Waals surface area contributed by atoms with E-state index in [1.807, 2.05) is 0 Å². The Balaban J connectivity index is 2.92. The maximum Gasteiger partial charge on any atom is 0.409 e. The van der Waals surface area contributed by atoms with Gasteiger partial charge in [0, 0.05) is 6.54 Å². The van der Waals surface area contributed by atoms with Crippen LogP contribution in [-0.2, 0) is 19.1 Å². The second kappa shape index (κ2) is 6.08. The standard InChI is InChI=1S/C10H11F6NO4/c1-20-8(19)5-4-17(2-3-21-5)7(18)6(9(11,12)13)10(14,15)16/h5-6H,2-4H2,1H3. The van der Waals surface area contributed by atoms with Crippen molar-refractivity contribution in [3.8, 4) is 0 Å². The zero-order valence-corrected chi connectivity index (χ0v) is 10.6. The van der Waals surface area contributed by atoms with Gasteiger partial charge in [-0.3, -0.25) is 4.79 Å². The lowest BCUT2D eigenvalue weighted by molar-refractivity contribution is -0.278. The van der Waals surface area contributed by atoms with Crippen molar-refractivity contribution < 1.29 is 45.4 Å². The van der Waals surface area contributed by atoms with E-state index >= 15 is 0 Å². The molecule has 0 aromatic carbocycles. The first-order valence-electron chi connectivity index (χ1n) is 5.60. The molecule has 122 valence electrons. The van der Waals surface area contributed by atoms with Gasteiger partial charge in [0.25, 0.3) is 0 Å². The molecule has 0 aliphatic carbocycles. The summed E-state index contributed by atoms with van der Waals surface area (Å²) in [5.41, 5.74) is 0. The van der Waals surface area contributed by atoms with Gasteiger partial charge in [-0.05, 0) is 0 Å². The third-order valence-electron chi connectivity index (χ3n) is 2.74. The van der Waals surface area contributed by atoms with E-state index in [2.05, 4.69) is 4.74 Å². The van der Waals surface area contributed by atoms with Crippen LogP contribution in [0.1, 0.15) is 0 Å². The number of carbonyl (C=O) groups is 2. The van der Waals surface area contributed by atoms with Crippen LogP contribution in [0.25, 0.3) is 0 Å². The van der Waals surface area contributed by atoms with E-state index in [-0.39, 0.29) is 6.61 Å². The molecule has 0 N–H and O–H groups in total. The van der Waals surface area contributed by atoms with Crippen molar-refractivity contribution >= 4 is 11.9 Å². The highest BCUT2D eigenvalue weighted by Gasteiger charge is 2.62. The van der Waals surface area contributed by atoms with Crippen molar-refractivity contribution in [1.82, 2.24) is 4.90 Å². The predicted molar refractivity (Wildman–Crippen MR) is 53.9 cm³/mol. The first-order valence-corrected chi connectivity index (χ1v) is 5.60. The second-order valence-electron chi connectivity index (χ2n) is 4.18. The van der Waals surface area contributed by atoms with Crippen LogP contribution in [0.15, 0.2) is 0 Å². The molecule has 0 aromatic heterocycles. The molecular weight excluding hydrogens is 312 g/mol. The number of ether oxygens (including phenoxy) is 2. The fraction of sp³-hybridized carbons (Fsp3) is 0.800. The van der Waals surface area contributed by atoms with Crippen LogP contribution in [0.5, 0.6) is 0 Å². The Labute approximate surface area is 114 Å². The van der Waals surface area contributed by atoms with Gasteiger partial charge in [-0.2, -0.15) is 26.3 Å². The Morgan fingerprint density at radius 2 is 1.71 bits per heavy atom. The third kappa shape index (κ3) is 4.22. The van der Waals surface area contributed by atoms with Crippen LogP contribution in [0.2, 0.25) is 0 Å². The van der Waals surface area contributed by atoms with Crippen molar-refractivity contribution in [2.24, 2.45) is 5.92 Å². The molecule has 1 saturated heterocycles. The van der Waals surface area contributed by atoms with E-state index in [0.717, 1.165) is 7.11 Å². The average molecular weight is 323 g/mol. The number of hydrogen-bond acceptors (Lipinski definition) is 4. The van der Waals surface area contributed by atoms with Crippen molar-refractivity contribution in [1.29, 1.82) is 0 Å². The van der Waals surface area contributed by atoms with Gasteiger partial charge in [0.2, 0.25) is 11.8 Å². The summed E-state index contributed by atoms with van der Waals surface area (Å²) in [6.45, 7) is -1.57. The molecule has 11 heteroatoms. The Bertz CT molecular complexity index is 393. The molecule has 1 heterocycles. The molecule has 1 amide bonds. The van der Waals surface area contributed by atoms with Gasteiger partial charge >= 0.3 is 18.3 Å². The number of methoxy groups -OCH3 is 1. The molecule has 1 aliphatic rings. The smallest absolute Gasteiger partial charge is 0.409 e. The molecule has 21 heavy (non-hydrogen) atoms. The molecule has 1 fully saturated rings. The first-order chi connectivity index (χ1) is 9.48. The number of morpholine rings is 1. The zero-order valence-electron chi connectivity index (χ0n) is 10.6. The summed E-state index contributed by atoms with van der Waals surface area (Å²) in [4.78, 5) is 23.0. The summed E-state index contributed by atoms with van der Waals surface area (Å²) < 4.78 is 83.8. The largest absolute Gasteiger partial charge is 0.467 e. The van der Waals surface area contributed by atoms with Gasteiger partial charge in [-0.1, -0.05) is 0 Å². The van der Waals surface area contributed by atoms with E-state index in [4.69, 9.17) is 4.74 Å². The minimum atomic E-state index is -5.77. The number of halogens is 6. The summed E-state index contributed by atoms with van der Waals surface area (Å²) in [6.07, 6.45) is -12.9. The van der Waals surface area contributed by atoms with E-state index in [0.29, 0.717) is 4.90 Å². The summed E-state index contributed by atoms with van der Waals surface area (Å²) in [7, 11) is 0.973. The number of hydrogen-bond donors (Lipinski definition) is 0. The number of nitrogens with zero attached hydrogens (tertiary/aromatic N) is 1. The van der Waals surface area contributed by atoms with Gasteiger partial charge < -0.3 is 14.4 Å². The fourth-order valence-electron chi connectivity index (χ4n) is 1.77. The lowest BCUT2D eigenvalue weighted by Gasteiger charge is -2.34. The summed E-state index contributed by atoms with van der Waals surface area (Å²) in [5, 5.41) is 0. The highest BCUT2D eigenvalue weighted by molar-refractivity contribution is 5.82. The SMILES string of the molecule is COC(=O)C1CN(C(=O)C(C(F)(F)F)C(F)(F)F)CCO1. The van der Waals surface area contributed by atoms with Crippen molar-refractivity contribution in [3.05, 3.63) is 0 Å². The lowest BCUT2D eigenvalue weighted by atomic mass is 10.1. The Morgan fingerprint density at radius 1 is 1.19 bits per heavy atom. The molecule has 1 aliphatic heterocycles. The van der Waals surface area contributed by atoms with Crippen molar-refractivity contribution in [2.45, 2.75) is 18.5 Å². The van der Waals surface area contributed by atoms with Crippen LogP contribution in [-0.4, -0.2) is 62.0 Å². The topological polar surface area (TPSA) is 55.8 Å². The third-order valence-corrected chi connectivity index (χ3v) is 2.74. The van der Waals surface area contributed by atoms with E-state index < -0.39 is 49.3 Å². The summed E-state index contributed by atoms with van der Waals surface area (Å²) in [5.74, 6) is -7.27. The molecule has 0 saturated carbocycles. The minimum absolute atomic E-state index is 0.302. The van der Waals surface area contributed by atoms with Crippen molar-refractivity contribution in [2.75, 3.05) is 26.8 Å². The van der Waals surface area contributed by atoms with Crippen LogP contribution in [0.4, 0.5) is 26.3 Å². The van der Waals surface area contributed by atoms with E-state index in [1.165, 1.54) is 0 Å². The Hall–Kier alpha value is -1.52. The van der Waals surface area contributed by atoms with Gasteiger partial charge in [0.05, 0.1) is 20.3 Å². The second-order valence-corrected chi connectivity index (χ2v) is 4.18. The van der Waals surface area contributed by atoms with Gasteiger partial charge in [0.15, 0.2) is 6.10 Å². The molecule has 0 aromatic rings. The maximum absolute atomic E-state index is 12.5. The monoisotopic (exact) mass is 323 g/mol. The minimum Gasteiger partial charge on any atom is -0.467 e.